The van der Waals surface area contributed by atoms with Crippen molar-refractivity contribution in [2.24, 2.45) is 5.92 Å². The van der Waals surface area contributed by atoms with Gasteiger partial charge in [0.05, 0.1) is 5.56 Å². The Morgan fingerprint density at radius 3 is 2.58 bits per heavy atom. The summed E-state index contributed by atoms with van der Waals surface area (Å²) in [5, 5.41) is 0. The summed E-state index contributed by atoms with van der Waals surface area (Å²) in [5.74, 6) is 0.816. The van der Waals surface area contributed by atoms with Gasteiger partial charge >= 0.3 is 0 Å². The van der Waals surface area contributed by atoms with Crippen LogP contribution in [-0.4, -0.2) is 28.9 Å². The summed E-state index contributed by atoms with van der Waals surface area (Å²) in [6.45, 7) is 3.82. The van der Waals surface area contributed by atoms with Crippen LogP contribution in [0.4, 0.5) is 0 Å². The topological polar surface area (TPSA) is 33.2 Å². The molecule has 3 nitrogen and oxygen atoms in total. The number of halogens is 1. The maximum absolute atomic E-state index is 12.5. The Kier molecular flexibility index (Phi) is 5.67. The number of carbonyl (C=O) groups excluding carboxylic acids is 1. The third kappa shape index (κ3) is 4.44. The molecule has 0 N–H and O–H groups in total. The predicted molar refractivity (Wildman–Crippen MR) is 100 cm³/mol. The SMILES string of the molecule is Cc1ccc(CCC2CCN(C(=O)c3cncc(Br)c3)CC2)cc1. The zero-order valence-corrected chi connectivity index (χ0v) is 15.6. The van der Waals surface area contributed by atoms with Crippen LogP contribution in [0, 0.1) is 12.8 Å². The number of nitrogens with zero attached hydrogens (tertiary/aromatic N) is 2. The Bertz CT molecular complexity index is 691. The molecule has 24 heavy (non-hydrogen) atoms. The van der Waals surface area contributed by atoms with Crippen LogP contribution in [0.15, 0.2) is 47.2 Å². The number of amides is 1. The summed E-state index contributed by atoms with van der Waals surface area (Å²) in [6, 6.07) is 10.7. The third-order valence-corrected chi connectivity index (χ3v) is 5.25. The van der Waals surface area contributed by atoms with Crippen LogP contribution in [0.2, 0.25) is 0 Å². The number of piperidine rings is 1. The van der Waals surface area contributed by atoms with Crippen molar-refractivity contribution in [1.82, 2.24) is 9.88 Å². The maximum Gasteiger partial charge on any atom is 0.255 e. The minimum Gasteiger partial charge on any atom is -0.339 e. The fraction of sp³-hybridized carbons (Fsp3) is 0.400. The van der Waals surface area contributed by atoms with E-state index in [2.05, 4.69) is 52.1 Å². The molecular formula is C20H23BrN2O. The zero-order valence-electron chi connectivity index (χ0n) is 14.0. The average molecular weight is 387 g/mol. The second-order valence-electron chi connectivity index (χ2n) is 6.65. The van der Waals surface area contributed by atoms with E-state index in [-0.39, 0.29) is 5.91 Å². The number of rotatable bonds is 4. The third-order valence-electron chi connectivity index (χ3n) is 4.82. The second-order valence-corrected chi connectivity index (χ2v) is 7.57. The van der Waals surface area contributed by atoms with Gasteiger partial charge in [0.2, 0.25) is 0 Å². The number of benzene rings is 1. The van der Waals surface area contributed by atoms with Gasteiger partial charge in [-0.2, -0.15) is 0 Å². The van der Waals surface area contributed by atoms with Crippen molar-refractivity contribution in [3.63, 3.8) is 0 Å². The van der Waals surface area contributed by atoms with E-state index < -0.39 is 0 Å². The highest BCUT2D eigenvalue weighted by atomic mass is 79.9. The van der Waals surface area contributed by atoms with Crippen LogP contribution >= 0.6 is 15.9 Å². The molecule has 0 radical (unpaired) electrons. The number of aromatic nitrogens is 1. The predicted octanol–water partition coefficient (Wildman–Crippen LogP) is 4.64. The first-order valence-electron chi connectivity index (χ1n) is 8.57. The Morgan fingerprint density at radius 2 is 1.92 bits per heavy atom. The van der Waals surface area contributed by atoms with Crippen LogP contribution < -0.4 is 0 Å². The first-order valence-corrected chi connectivity index (χ1v) is 9.36. The largest absolute Gasteiger partial charge is 0.339 e. The van der Waals surface area contributed by atoms with Gasteiger partial charge < -0.3 is 4.90 Å². The monoisotopic (exact) mass is 386 g/mol. The Hall–Kier alpha value is -1.68. The van der Waals surface area contributed by atoms with E-state index in [0.717, 1.165) is 42.7 Å². The van der Waals surface area contributed by atoms with Crippen molar-refractivity contribution < 1.29 is 4.79 Å². The van der Waals surface area contributed by atoms with Gasteiger partial charge in [-0.1, -0.05) is 29.8 Å². The van der Waals surface area contributed by atoms with Gasteiger partial charge in [0, 0.05) is 30.0 Å². The molecule has 0 aliphatic carbocycles. The summed E-state index contributed by atoms with van der Waals surface area (Å²) in [6.07, 6.45) is 7.89. The highest BCUT2D eigenvalue weighted by molar-refractivity contribution is 9.10. The molecule has 2 aromatic rings. The molecule has 0 unspecified atom stereocenters. The molecule has 1 aromatic carbocycles. The van der Waals surface area contributed by atoms with Crippen molar-refractivity contribution >= 4 is 21.8 Å². The lowest BCUT2D eigenvalue weighted by atomic mass is 9.90. The highest BCUT2D eigenvalue weighted by Gasteiger charge is 2.23. The molecule has 1 saturated heterocycles. The second kappa shape index (κ2) is 7.93. The van der Waals surface area contributed by atoms with E-state index in [4.69, 9.17) is 0 Å². The van der Waals surface area contributed by atoms with Crippen LogP contribution in [-0.2, 0) is 6.42 Å². The number of carbonyl (C=O) groups is 1. The van der Waals surface area contributed by atoms with Gasteiger partial charge in [0.25, 0.3) is 5.91 Å². The molecule has 0 atom stereocenters. The molecule has 0 saturated carbocycles. The minimum absolute atomic E-state index is 0.0979. The number of hydrogen-bond donors (Lipinski definition) is 0. The summed E-state index contributed by atoms with van der Waals surface area (Å²) in [7, 11) is 0. The fourth-order valence-electron chi connectivity index (χ4n) is 3.26. The van der Waals surface area contributed by atoms with Crippen LogP contribution in [0.25, 0.3) is 0 Å². The summed E-state index contributed by atoms with van der Waals surface area (Å²) < 4.78 is 0.848. The lowest BCUT2D eigenvalue weighted by molar-refractivity contribution is 0.0686. The van der Waals surface area contributed by atoms with Gasteiger partial charge in [-0.25, -0.2) is 0 Å². The normalized spacial score (nSPS) is 15.5. The molecular weight excluding hydrogens is 364 g/mol. The molecule has 1 amide bonds. The van der Waals surface area contributed by atoms with E-state index in [1.54, 1.807) is 12.4 Å². The van der Waals surface area contributed by atoms with Gasteiger partial charge in [-0.3, -0.25) is 9.78 Å². The number of aryl methyl sites for hydroxylation is 2. The zero-order chi connectivity index (χ0) is 16.9. The summed E-state index contributed by atoms with van der Waals surface area (Å²) in [5.41, 5.74) is 3.40. The van der Waals surface area contributed by atoms with Crippen molar-refractivity contribution in [3.05, 3.63) is 63.9 Å². The molecule has 126 valence electrons. The molecule has 1 aromatic heterocycles. The van der Waals surface area contributed by atoms with Crippen LogP contribution in [0.3, 0.4) is 0 Å². The average Bonchev–Trinajstić information content (AvgIpc) is 2.61. The van der Waals surface area contributed by atoms with E-state index in [1.807, 2.05) is 11.0 Å². The number of hydrogen-bond acceptors (Lipinski definition) is 2. The number of pyridine rings is 1. The van der Waals surface area contributed by atoms with E-state index >= 15 is 0 Å². The molecule has 1 aliphatic heterocycles. The minimum atomic E-state index is 0.0979. The Morgan fingerprint density at radius 1 is 1.21 bits per heavy atom. The highest BCUT2D eigenvalue weighted by Crippen LogP contribution is 2.24. The van der Waals surface area contributed by atoms with Gasteiger partial charge in [-0.15, -0.1) is 0 Å². The number of likely N-dealkylation sites (tertiary alicyclic amines) is 1. The maximum atomic E-state index is 12.5. The van der Waals surface area contributed by atoms with Gasteiger partial charge in [0.15, 0.2) is 0 Å². The molecule has 2 heterocycles. The van der Waals surface area contributed by atoms with E-state index in [0.29, 0.717) is 5.56 Å². The Balaban J connectivity index is 1.48. The quantitative estimate of drug-likeness (QED) is 0.766. The smallest absolute Gasteiger partial charge is 0.255 e. The van der Waals surface area contributed by atoms with Crippen molar-refractivity contribution in [3.8, 4) is 0 Å². The summed E-state index contributed by atoms with van der Waals surface area (Å²) >= 11 is 3.38. The van der Waals surface area contributed by atoms with Gasteiger partial charge in [-0.05, 0) is 66.1 Å². The first kappa shape index (κ1) is 17.2. The van der Waals surface area contributed by atoms with Crippen molar-refractivity contribution in [1.29, 1.82) is 0 Å². The fourth-order valence-corrected chi connectivity index (χ4v) is 3.63. The molecule has 4 heteroatoms. The van der Waals surface area contributed by atoms with Crippen LogP contribution in [0.5, 0.6) is 0 Å². The summed E-state index contributed by atoms with van der Waals surface area (Å²) in [4.78, 5) is 18.6. The van der Waals surface area contributed by atoms with Crippen molar-refractivity contribution in [2.75, 3.05) is 13.1 Å². The van der Waals surface area contributed by atoms with Crippen LogP contribution in [0.1, 0.15) is 40.7 Å². The lowest BCUT2D eigenvalue weighted by Crippen LogP contribution is -2.38. The lowest BCUT2D eigenvalue weighted by Gasteiger charge is -2.32. The standard InChI is InChI=1S/C20H23BrN2O/c1-15-2-4-16(5-3-15)6-7-17-8-10-23(11-9-17)20(24)18-12-19(21)14-22-13-18/h2-5,12-14,17H,6-11H2,1H3. The molecule has 0 spiro atoms. The van der Waals surface area contributed by atoms with E-state index in [9.17, 15) is 4.79 Å². The molecule has 1 aliphatic rings. The van der Waals surface area contributed by atoms with E-state index in [1.165, 1.54) is 17.5 Å². The Labute approximate surface area is 152 Å². The van der Waals surface area contributed by atoms with Crippen molar-refractivity contribution in [2.45, 2.75) is 32.6 Å². The first-order chi connectivity index (χ1) is 11.6. The molecule has 1 fully saturated rings. The molecule has 0 bridgehead atoms. The molecule has 3 rings (SSSR count). The van der Waals surface area contributed by atoms with Gasteiger partial charge in [0.1, 0.15) is 0 Å².